The average molecular weight is 219 g/mol. The van der Waals surface area contributed by atoms with E-state index in [4.69, 9.17) is 11.3 Å². The van der Waals surface area contributed by atoms with Crippen LogP contribution in [-0.4, -0.2) is 15.0 Å². The highest BCUT2D eigenvalue weighted by molar-refractivity contribution is 5.80. The summed E-state index contributed by atoms with van der Waals surface area (Å²) in [6.45, 7) is 0.0523. The number of carbonyl (C=O) groups is 1. The molecule has 0 atom stereocenters. The van der Waals surface area contributed by atoms with Crippen LogP contribution in [0.4, 0.5) is 0 Å². The first kappa shape index (κ1) is 10.4. The average Bonchev–Trinajstić information content (AvgIpc) is 2.55. The van der Waals surface area contributed by atoms with Crippen molar-refractivity contribution < 1.29 is 4.79 Å². The number of nitrogens with one attached hydrogen (secondary N) is 2. The highest BCUT2D eigenvalue weighted by atomic mass is 16.2. The molecule has 1 aromatic heterocycles. The Balaban J connectivity index is 2.64. The second-order valence-corrected chi connectivity index (χ2v) is 3.52. The Hall–Kier alpha value is -2.08. The van der Waals surface area contributed by atoms with Gasteiger partial charge in [0.05, 0.1) is 11.0 Å². The first-order chi connectivity index (χ1) is 7.65. The minimum atomic E-state index is -0.324. The van der Waals surface area contributed by atoms with Crippen molar-refractivity contribution in [1.82, 2.24) is 14.6 Å². The minimum absolute atomic E-state index is 0.0523. The molecule has 1 heterocycles. The van der Waals surface area contributed by atoms with Gasteiger partial charge in [-0.05, 0) is 12.1 Å². The maximum absolute atomic E-state index is 11.2. The maximum atomic E-state index is 11.2. The summed E-state index contributed by atoms with van der Waals surface area (Å²) in [7, 11) is 1.79. The van der Waals surface area contributed by atoms with E-state index in [0.29, 0.717) is 0 Å². The van der Waals surface area contributed by atoms with E-state index in [0.717, 1.165) is 11.0 Å². The van der Waals surface area contributed by atoms with Gasteiger partial charge in [-0.15, -0.1) is 0 Å². The SMILES string of the molecule is Cn1c(=N)n(CC(=O)NN)c2ccccc21. The van der Waals surface area contributed by atoms with Crippen molar-refractivity contribution in [2.75, 3.05) is 0 Å². The standard InChI is InChI=1S/C10H13N5O/c1-14-7-4-2-3-5-8(7)15(10(14)11)6-9(16)13-12/h2-5,11H,6,12H2,1H3,(H,13,16). The summed E-state index contributed by atoms with van der Waals surface area (Å²) in [5, 5.41) is 7.90. The Labute approximate surface area is 91.8 Å². The molecular weight excluding hydrogens is 206 g/mol. The maximum Gasteiger partial charge on any atom is 0.253 e. The van der Waals surface area contributed by atoms with Crippen LogP contribution >= 0.6 is 0 Å². The van der Waals surface area contributed by atoms with Crippen molar-refractivity contribution in [3.05, 3.63) is 29.9 Å². The zero-order valence-electron chi connectivity index (χ0n) is 8.90. The van der Waals surface area contributed by atoms with Crippen molar-refractivity contribution in [2.24, 2.45) is 12.9 Å². The highest BCUT2D eigenvalue weighted by Gasteiger charge is 2.09. The Morgan fingerprint density at radius 3 is 2.69 bits per heavy atom. The molecule has 6 heteroatoms. The third kappa shape index (κ3) is 1.49. The van der Waals surface area contributed by atoms with E-state index in [1.807, 2.05) is 24.3 Å². The number of para-hydroxylation sites is 2. The van der Waals surface area contributed by atoms with Gasteiger partial charge in [0.1, 0.15) is 6.54 Å². The molecule has 0 aliphatic carbocycles. The molecule has 0 spiro atoms. The molecule has 0 aliphatic heterocycles. The summed E-state index contributed by atoms with van der Waals surface area (Å²) in [6, 6.07) is 7.55. The fourth-order valence-corrected chi connectivity index (χ4v) is 1.73. The first-order valence-corrected chi connectivity index (χ1v) is 4.83. The van der Waals surface area contributed by atoms with Crippen LogP contribution in [0.3, 0.4) is 0 Å². The van der Waals surface area contributed by atoms with Crippen LogP contribution in [0.1, 0.15) is 0 Å². The first-order valence-electron chi connectivity index (χ1n) is 4.83. The van der Waals surface area contributed by atoms with Crippen molar-refractivity contribution >= 4 is 16.9 Å². The number of aryl methyl sites for hydroxylation is 1. The minimum Gasteiger partial charge on any atom is -0.313 e. The molecule has 0 saturated heterocycles. The molecule has 0 fully saturated rings. The third-order valence-electron chi connectivity index (χ3n) is 2.57. The second-order valence-electron chi connectivity index (χ2n) is 3.52. The Kier molecular flexibility index (Phi) is 2.49. The van der Waals surface area contributed by atoms with Gasteiger partial charge in [-0.3, -0.25) is 15.6 Å². The van der Waals surface area contributed by atoms with E-state index in [2.05, 4.69) is 5.43 Å². The van der Waals surface area contributed by atoms with Crippen LogP contribution in [0, 0.1) is 5.41 Å². The summed E-state index contributed by atoms with van der Waals surface area (Å²) < 4.78 is 3.33. The third-order valence-corrected chi connectivity index (χ3v) is 2.57. The lowest BCUT2D eigenvalue weighted by atomic mass is 10.3. The number of benzene rings is 1. The molecule has 6 nitrogen and oxygen atoms in total. The molecule has 16 heavy (non-hydrogen) atoms. The molecule has 0 saturated carbocycles. The number of nitrogens with two attached hydrogens (primary N) is 1. The normalized spacial score (nSPS) is 10.6. The van der Waals surface area contributed by atoms with Crippen molar-refractivity contribution in [2.45, 2.75) is 6.54 Å². The van der Waals surface area contributed by atoms with Crippen molar-refractivity contribution in [3.63, 3.8) is 0 Å². The van der Waals surface area contributed by atoms with Crippen LogP contribution in [0.15, 0.2) is 24.3 Å². The molecule has 0 unspecified atom stereocenters. The molecule has 84 valence electrons. The van der Waals surface area contributed by atoms with Gasteiger partial charge in [-0.1, -0.05) is 12.1 Å². The van der Waals surface area contributed by atoms with Gasteiger partial charge < -0.3 is 9.13 Å². The lowest BCUT2D eigenvalue weighted by Crippen LogP contribution is -2.36. The lowest BCUT2D eigenvalue weighted by molar-refractivity contribution is -0.121. The zero-order chi connectivity index (χ0) is 11.7. The lowest BCUT2D eigenvalue weighted by Gasteiger charge is -2.02. The summed E-state index contributed by atoms with van der Waals surface area (Å²) >= 11 is 0. The van der Waals surface area contributed by atoms with Gasteiger partial charge in [0.2, 0.25) is 5.62 Å². The number of hydrogen-bond donors (Lipinski definition) is 3. The van der Waals surface area contributed by atoms with E-state index in [1.54, 1.807) is 16.2 Å². The number of fused-ring (bicyclic) bond motifs is 1. The predicted molar refractivity (Wildman–Crippen MR) is 59.1 cm³/mol. The highest BCUT2D eigenvalue weighted by Crippen LogP contribution is 2.10. The van der Waals surface area contributed by atoms with Gasteiger partial charge in [0.15, 0.2) is 0 Å². The smallest absolute Gasteiger partial charge is 0.253 e. The van der Waals surface area contributed by atoms with Crippen LogP contribution in [0.2, 0.25) is 0 Å². The van der Waals surface area contributed by atoms with Crippen molar-refractivity contribution in [1.29, 1.82) is 5.41 Å². The number of carbonyl (C=O) groups excluding carboxylic acids is 1. The van der Waals surface area contributed by atoms with Crippen LogP contribution in [0.25, 0.3) is 11.0 Å². The number of hydrazine groups is 1. The number of imidazole rings is 1. The topological polar surface area (TPSA) is 88.8 Å². The van der Waals surface area contributed by atoms with E-state index in [9.17, 15) is 4.79 Å². The summed E-state index contributed by atoms with van der Waals surface area (Å²) in [5.74, 6) is 4.72. The monoisotopic (exact) mass is 219 g/mol. The van der Waals surface area contributed by atoms with E-state index >= 15 is 0 Å². The number of amides is 1. The molecule has 1 amide bonds. The number of nitrogens with zero attached hydrogens (tertiary/aromatic N) is 2. The Morgan fingerprint density at radius 1 is 1.44 bits per heavy atom. The van der Waals surface area contributed by atoms with Crippen LogP contribution in [0.5, 0.6) is 0 Å². The largest absolute Gasteiger partial charge is 0.313 e. The summed E-state index contributed by atoms with van der Waals surface area (Å²) in [4.78, 5) is 11.2. The second kappa shape index (κ2) is 3.82. The van der Waals surface area contributed by atoms with Gasteiger partial charge in [-0.2, -0.15) is 0 Å². The molecule has 4 N–H and O–H groups in total. The van der Waals surface area contributed by atoms with Gasteiger partial charge in [0.25, 0.3) is 5.91 Å². The molecule has 2 aromatic rings. The molecule has 0 aliphatic rings. The van der Waals surface area contributed by atoms with E-state index < -0.39 is 0 Å². The zero-order valence-corrected chi connectivity index (χ0v) is 8.90. The van der Waals surface area contributed by atoms with E-state index in [-0.39, 0.29) is 18.1 Å². The number of hydrogen-bond acceptors (Lipinski definition) is 3. The van der Waals surface area contributed by atoms with Gasteiger partial charge >= 0.3 is 0 Å². The van der Waals surface area contributed by atoms with E-state index in [1.165, 1.54) is 0 Å². The Bertz CT molecular complexity index is 595. The van der Waals surface area contributed by atoms with Crippen LogP contribution < -0.4 is 16.9 Å². The molecule has 1 aromatic carbocycles. The fourth-order valence-electron chi connectivity index (χ4n) is 1.73. The van der Waals surface area contributed by atoms with Crippen molar-refractivity contribution in [3.8, 4) is 0 Å². The molecule has 0 bridgehead atoms. The molecule has 2 rings (SSSR count). The molecular formula is C10H13N5O. The van der Waals surface area contributed by atoms with Crippen LogP contribution in [-0.2, 0) is 18.4 Å². The summed E-state index contributed by atoms with van der Waals surface area (Å²) in [6.07, 6.45) is 0. The van der Waals surface area contributed by atoms with Gasteiger partial charge in [0, 0.05) is 7.05 Å². The predicted octanol–water partition coefficient (Wildman–Crippen LogP) is -0.551. The number of aromatic nitrogens is 2. The van der Waals surface area contributed by atoms with Gasteiger partial charge in [-0.25, -0.2) is 5.84 Å². The fraction of sp³-hybridized carbons (Fsp3) is 0.200. The Morgan fingerprint density at radius 2 is 2.06 bits per heavy atom. The number of rotatable bonds is 2. The summed E-state index contributed by atoms with van der Waals surface area (Å²) in [5.41, 5.74) is 4.09. The molecule has 0 radical (unpaired) electrons. The quantitative estimate of drug-likeness (QED) is 0.359.